The third-order valence-electron chi connectivity index (χ3n) is 4.95. The third kappa shape index (κ3) is 4.47. The van der Waals surface area contributed by atoms with Crippen LogP contribution in [-0.2, 0) is 4.79 Å². The van der Waals surface area contributed by atoms with E-state index in [0.717, 1.165) is 4.90 Å². The lowest BCUT2D eigenvalue weighted by molar-refractivity contribution is -0.385. The molecular formula is C22H14N4O7S. The molecule has 0 bridgehead atoms. The van der Waals surface area contributed by atoms with E-state index in [0.29, 0.717) is 23.1 Å². The quantitative estimate of drug-likeness (QED) is 0.212. The Labute approximate surface area is 195 Å². The number of rotatable bonds is 7. The molecular weight excluding hydrogens is 464 g/mol. The molecule has 0 saturated carbocycles. The predicted molar refractivity (Wildman–Crippen MR) is 123 cm³/mol. The Morgan fingerprint density at radius 1 is 0.941 bits per heavy atom. The summed E-state index contributed by atoms with van der Waals surface area (Å²) in [7, 11) is 0. The van der Waals surface area contributed by atoms with Crippen LogP contribution in [0.15, 0.2) is 71.8 Å². The summed E-state index contributed by atoms with van der Waals surface area (Å²) >= 11 is 0.671. The van der Waals surface area contributed by atoms with Gasteiger partial charge in [0.05, 0.1) is 27.0 Å². The van der Waals surface area contributed by atoms with Crippen LogP contribution in [0.1, 0.15) is 16.1 Å². The topological polar surface area (TPSA) is 146 Å². The first-order valence-electron chi connectivity index (χ1n) is 9.70. The molecule has 0 radical (unpaired) electrons. The van der Waals surface area contributed by atoms with Gasteiger partial charge in [-0.05, 0) is 48.2 Å². The molecule has 0 spiro atoms. The fraction of sp³-hybridized carbons (Fsp3) is 0.0455. The van der Waals surface area contributed by atoms with E-state index in [1.807, 2.05) is 0 Å². The van der Waals surface area contributed by atoms with Gasteiger partial charge in [-0.25, -0.2) is 0 Å². The number of Topliss-reactive ketones (excluding diaryl/α,β-unsaturated/α-hetero) is 1. The van der Waals surface area contributed by atoms with Crippen LogP contribution in [0, 0.1) is 20.2 Å². The standard InChI is InChI=1S/C22H14N4O7S/c27-19(14-6-8-15(9-7-14)25(30)31)13-24-21(28)20(34-22(24)29)12-17-5-2-10-23(17)16-3-1-4-18(11-16)26(32)33/h1-12H,13H2/b20-12-. The van der Waals surface area contributed by atoms with Crippen molar-refractivity contribution in [3.63, 3.8) is 0 Å². The minimum absolute atomic E-state index is 0.0897. The Morgan fingerprint density at radius 2 is 1.65 bits per heavy atom. The van der Waals surface area contributed by atoms with Gasteiger partial charge in [-0.3, -0.25) is 39.5 Å². The Kier molecular flexibility index (Phi) is 6.06. The fourth-order valence-electron chi connectivity index (χ4n) is 3.28. The summed E-state index contributed by atoms with van der Waals surface area (Å²) in [5.74, 6) is -1.20. The van der Waals surface area contributed by atoms with E-state index in [1.165, 1.54) is 48.5 Å². The van der Waals surface area contributed by atoms with Gasteiger partial charge in [0.1, 0.15) is 0 Å². The average molecular weight is 478 g/mol. The van der Waals surface area contributed by atoms with Gasteiger partial charge in [-0.2, -0.15) is 0 Å². The van der Waals surface area contributed by atoms with Crippen molar-refractivity contribution in [2.24, 2.45) is 0 Å². The van der Waals surface area contributed by atoms with E-state index in [1.54, 1.807) is 29.0 Å². The number of ketones is 1. The van der Waals surface area contributed by atoms with E-state index in [2.05, 4.69) is 0 Å². The second-order valence-corrected chi connectivity index (χ2v) is 8.07. The van der Waals surface area contributed by atoms with Crippen LogP contribution < -0.4 is 0 Å². The minimum Gasteiger partial charge on any atom is -0.317 e. The molecule has 4 rings (SSSR count). The number of nitro benzene ring substituents is 2. The zero-order chi connectivity index (χ0) is 24.4. The van der Waals surface area contributed by atoms with Gasteiger partial charge in [-0.1, -0.05) is 6.07 Å². The molecule has 1 fully saturated rings. The molecule has 170 valence electrons. The Balaban J connectivity index is 1.55. The molecule has 1 aliphatic rings. The summed E-state index contributed by atoms with van der Waals surface area (Å²) in [6, 6.07) is 14.2. The van der Waals surface area contributed by atoms with Crippen LogP contribution in [0.5, 0.6) is 0 Å². The van der Waals surface area contributed by atoms with Gasteiger partial charge in [0.25, 0.3) is 22.5 Å². The van der Waals surface area contributed by atoms with Gasteiger partial charge >= 0.3 is 0 Å². The second kappa shape index (κ2) is 9.11. The molecule has 2 amide bonds. The van der Waals surface area contributed by atoms with Crippen LogP contribution in [0.4, 0.5) is 16.2 Å². The lowest BCUT2D eigenvalue weighted by atomic mass is 10.1. The van der Waals surface area contributed by atoms with E-state index >= 15 is 0 Å². The van der Waals surface area contributed by atoms with E-state index in [-0.39, 0.29) is 21.8 Å². The van der Waals surface area contributed by atoms with Gasteiger partial charge in [0, 0.05) is 41.7 Å². The third-order valence-corrected chi connectivity index (χ3v) is 5.86. The molecule has 1 aromatic heterocycles. The maximum absolute atomic E-state index is 12.8. The highest BCUT2D eigenvalue weighted by molar-refractivity contribution is 8.18. The fourth-order valence-corrected chi connectivity index (χ4v) is 4.10. The van der Waals surface area contributed by atoms with Crippen molar-refractivity contribution in [2.75, 3.05) is 6.54 Å². The van der Waals surface area contributed by atoms with E-state index in [4.69, 9.17) is 0 Å². The molecule has 34 heavy (non-hydrogen) atoms. The average Bonchev–Trinajstić information content (AvgIpc) is 3.39. The van der Waals surface area contributed by atoms with Gasteiger partial charge < -0.3 is 4.57 Å². The summed E-state index contributed by atoms with van der Waals surface area (Å²) < 4.78 is 1.63. The van der Waals surface area contributed by atoms with Gasteiger partial charge in [0.2, 0.25) is 0 Å². The summed E-state index contributed by atoms with van der Waals surface area (Å²) in [4.78, 5) is 59.4. The normalized spacial score (nSPS) is 14.6. The number of non-ortho nitro benzene ring substituents is 2. The Hall–Kier alpha value is -4.58. The Morgan fingerprint density at radius 3 is 2.32 bits per heavy atom. The van der Waals surface area contributed by atoms with Gasteiger partial charge in [0.15, 0.2) is 5.78 Å². The highest BCUT2D eigenvalue weighted by Gasteiger charge is 2.36. The number of nitrogens with zero attached hydrogens (tertiary/aromatic N) is 4. The molecule has 1 aliphatic heterocycles. The zero-order valence-electron chi connectivity index (χ0n) is 17.2. The van der Waals surface area contributed by atoms with Crippen LogP contribution in [0.3, 0.4) is 0 Å². The van der Waals surface area contributed by atoms with Crippen molar-refractivity contribution >= 4 is 46.1 Å². The summed E-state index contributed by atoms with van der Waals surface area (Å²) in [5.41, 5.74) is 0.860. The van der Waals surface area contributed by atoms with Crippen molar-refractivity contribution in [3.8, 4) is 5.69 Å². The largest absolute Gasteiger partial charge is 0.317 e. The smallest absolute Gasteiger partial charge is 0.293 e. The van der Waals surface area contributed by atoms with E-state index < -0.39 is 33.3 Å². The predicted octanol–water partition coefficient (Wildman–Crippen LogP) is 4.21. The molecule has 0 unspecified atom stereocenters. The number of thioether (sulfide) groups is 1. The monoisotopic (exact) mass is 478 g/mol. The molecule has 2 heterocycles. The molecule has 12 heteroatoms. The molecule has 0 aliphatic carbocycles. The lowest BCUT2D eigenvalue weighted by Crippen LogP contribution is -2.33. The first-order chi connectivity index (χ1) is 16.2. The highest BCUT2D eigenvalue weighted by atomic mass is 32.2. The van der Waals surface area contributed by atoms with Gasteiger partial charge in [-0.15, -0.1) is 0 Å². The molecule has 11 nitrogen and oxygen atoms in total. The molecule has 0 N–H and O–H groups in total. The summed E-state index contributed by atoms with van der Waals surface area (Å²) in [5, 5.41) is 21.2. The molecule has 2 aromatic carbocycles. The number of carbonyl (C=O) groups excluding carboxylic acids is 3. The Bertz CT molecular complexity index is 1380. The highest BCUT2D eigenvalue weighted by Crippen LogP contribution is 2.33. The molecule has 3 aromatic rings. The van der Waals surface area contributed by atoms with Crippen molar-refractivity contribution in [1.29, 1.82) is 0 Å². The lowest BCUT2D eigenvalue weighted by Gasteiger charge is -2.11. The number of carbonyl (C=O) groups is 3. The van der Waals surface area contributed by atoms with E-state index in [9.17, 15) is 34.6 Å². The van der Waals surface area contributed by atoms with Crippen LogP contribution in [-0.4, -0.2) is 42.8 Å². The second-order valence-electron chi connectivity index (χ2n) is 7.08. The summed E-state index contributed by atoms with van der Waals surface area (Å²) in [6.45, 7) is -0.508. The maximum Gasteiger partial charge on any atom is 0.293 e. The zero-order valence-corrected chi connectivity index (χ0v) is 18.0. The number of hydrogen-bond acceptors (Lipinski definition) is 8. The van der Waals surface area contributed by atoms with Crippen molar-refractivity contribution < 1.29 is 24.2 Å². The molecule has 1 saturated heterocycles. The number of amides is 2. The van der Waals surface area contributed by atoms with Crippen LogP contribution in [0.2, 0.25) is 0 Å². The van der Waals surface area contributed by atoms with Crippen molar-refractivity contribution in [3.05, 3.63) is 103 Å². The maximum atomic E-state index is 12.8. The van der Waals surface area contributed by atoms with Crippen molar-refractivity contribution in [1.82, 2.24) is 9.47 Å². The SMILES string of the molecule is O=C(CN1C(=O)S/C(=C\c2cccn2-c2cccc([N+](=O)[O-])c2)C1=O)c1ccc([N+](=O)[O-])cc1. The number of nitro groups is 2. The number of aromatic nitrogens is 1. The number of imide groups is 1. The van der Waals surface area contributed by atoms with Crippen molar-refractivity contribution in [2.45, 2.75) is 0 Å². The minimum atomic E-state index is -0.656. The number of hydrogen-bond donors (Lipinski definition) is 0. The van der Waals surface area contributed by atoms with Crippen LogP contribution >= 0.6 is 11.8 Å². The number of benzene rings is 2. The first kappa shape index (κ1) is 22.6. The molecule has 0 atom stereocenters. The first-order valence-corrected chi connectivity index (χ1v) is 10.5. The summed E-state index contributed by atoms with van der Waals surface area (Å²) in [6.07, 6.45) is 3.13. The van der Waals surface area contributed by atoms with Crippen LogP contribution in [0.25, 0.3) is 11.8 Å².